The third-order valence-electron chi connectivity index (χ3n) is 5.70. The van der Waals surface area contributed by atoms with Crippen molar-refractivity contribution in [1.29, 1.82) is 0 Å². The van der Waals surface area contributed by atoms with Crippen molar-refractivity contribution in [3.8, 4) is 5.69 Å². The minimum Gasteiger partial charge on any atom is -0.323 e. The van der Waals surface area contributed by atoms with Crippen molar-refractivity contribution in [1.82, 2.24) is 9.55 Å². The lowest BCUT2D eigenvalue weighted by atomic mass is 10.1. The molecular formula is C25H22FN3O2S2. The molecule has 0 atom stereocenters. The molecule has 0 saturated carbocycles. The molecule has 5 nitrogen and oxygen atoms in total. The van der Waals surface area contributed by atoms with Crippen molar-refractivity contribution in [3.63, 3.8) is 0 Å². The number of amides is 1. The number of aryl methyl sites for hydroxylation is 2. The number of carbonyl (C=O) groups is 1. The summed E-state index contributed by atoms with van der Waals surface area (Å²) in [5.41, 5.74) is 1.89. The van der Waals surface area contributed by atoms with Crippen LogP contribution in [0.5, 0.6) is 0 Å². The van der Waals surface area contributed by atoms with E-state index in [1.165, 1.54) is 35.2 Å². The fourth-order valence-electron chi connectivity index (χ4n) is 4.14. The number of para-hydroxylation sites is 2. The Morgan fingerprint density at radius 3 is 2.64 bits per heavy atom. The number of hydrogen-bond acceptors (Lipinski definition) is 5. The molecule has 1 aliphatic carbocycles. The van der Waals surface area contributed by atoms with E-state index in [9.17, 15) is 14.0 Å². The van der Waals surface area contributed by atoms with Crippen molar-refractivity contribution in [2.75, 3.05) is 11.1 Å². The Hall–Kier alpha value is -2.97. The van der Waals surface area contributed by atoms with Crippen LogP contribution in [0.1, 0.15) is 29.7 Å². The van der Waals surface area contributed by atoms with Crippen molar-refractivity contribution < 1.29 is 9.18 Å². The van der Waals surface area contributed by atoms with E-state index in [0.29, 0.717) is 16.2 Å². The number of aromatic nitrogens is 2. The summed E-state index contributed by atoms with van der Waals surface area (Å²) in [5.74, 6) is -0.845. The number of rotatable bonds is 5. The van der Waals surface area contributed by atoms with Crippen molar-refractivity contribution in [2.45, 2.75) is 37.3 Å². The predicted octanol–water partition coefficient (Wildman–Crippen LogP) is 5.59. The standard InChI is InChI=1S/C25H22FN3O2S2/c26-18-12-7-8-13-19(18)27-21(30)15-32-25-28-23-22(17-11-5-2-6-14-20(17)33-23)24(31)29(25)16-9-3-1-4-10-16/h1,3-4,7-10,12-13H,2,5-6,11,14-15H2,(H,27,30). The van der Waals surface area contributed by atoms with Gasteiger partial charge >= 0.3 is 0 Å². The van der Waals surface area contributed by atoms with Gasteiger partial charge in [-0.1, -0.05) is 48.5 Å². The van der Waals surface area contributed by atoms with Gasteiger partial charge in [0, 0.05) is 4.88 Å². The lowest BCUT2D eigenvalue weighted by Crippen LogP contribution is -2.23. The summed E-state index contributed by atoms with van der Waals surface area (Å²) in [6.07, 6.45) is 5.27. The van der Waals surface area contributed by atoms with E-state index >= 15 is 0 Å². The fraction of sp³-hybridized carbons (Fsp3) is 0.240. The maximum atomic E-state index is 13.9. The molecule has 168 valence electrons. The second-order valence-electron chi connectivity index (χ2n) is 7.93. The van der Waals surface area contributed by atoms with Gasteiger partial charge in [0.1, 0.15) is 10.6 Å². The molecule has 0 unspecified atom stereocenters. The van der Waals surface area contributed by atoms with Gasteiger partial charge < -0.3 is 5.32 Å². The minimum atomic E-state index is -0.489. The number of benzene rings is 2. The first-order chi connectivity index (χ1) is 16.1. The van der Waals surface area contributed by atoms with Crippen molar-refractivity contribution in [2.24, 2.45) is 0 Å². The monoisotopic (exact) mass is 479 g/mol. The summed E-state index contributed by atoms with van der Waals surface area (Å²) < 4.78 is 15.5. The average molecular weight is 480 g/mol. The number of thiophene rings is 1. The molecule has 1 amide bonds. The van der Waals surface area contributed by atoms with Crippen LogP contribution in [-0.2, 0) is 17.6 Å². The van der Waals surface area contributed by atoms with E-state index in [0.717, 1.165) is 36.1 Å². The summed E-state index contributed by atoms with van der Waals surface area (Å²) in [6, 6.07) is 15.4. The highest BCUT2D eigenvalue weighted by Gasteiger charge is 2.22. The molecule has 0 bridgehead atoms. The molecule has 0 radical (unpaired) electrons. The number of anilines is 1. The Bertz CT molecular complexity index is 1380. The van der Waals surface area contributed by atoms with Crippen LogP contribution >= 0.6 is 23.1 Å². The van der Waals surface area contributed by atoms with E-state index in [4.69, 9.17) is 4.98 Å². The average Bonchev–Trinajstić information content (AvgIpc) is 3.01. The zero-order valence-corrected chi connectivity index (χ0v) is 19.5. The smallest absolute Gasteiger partial charge is 0.267 e. The van der Waals surface area contributed by atoms with Gasteiger partial charge in [0.25, 0.3) is 5.56 Å². The van der Waals surface area contributed by atoms with Crippen LogP contribution in [0.25, 0.3) is 15.9 Å². The second kappa shape index (κ2) is 9.49. The van der Waals surface area contributed by atoms with Crippen LogP contribution in [0.3, 0.4) is 0 Å². The van der Waals surface area contributed by atoms with Crippen LogP contribution in [0, 0.1) is 5.82 Å². The molecule has 5 rings (SSSR count). The maximum absolute atomic E-state index is 13.9. The highest BCUT2D eigenvalue weighted by Crippen LogP contribution is 2.34. The van der Waals surface area contributed by atoms with Crippen LogP contribution < -0.4 is 10.9 Å². The molecule has 0 aliphatic heterocycles. The molecule has 4 aromatic rings. The zero-order chi connectivity index (χ0) is 22.8. The predicted molar refractivity (Wildman–Crippen MR) is 132 cm³/mol. The highest BCUT2D eigenvalue weighted by atomic mass is 32.2. The number of nitrogens with one attached hydrogen (secondary N) is 1. The minimum absolute atomic E-state index is 0.00417. The molecule has 33 heavy (non-hydrogen) atoms. The van der Waals surface area contributed by atoms with E-state index in [-0.39, 0.29) is 22.9 Å². The number of hydrogen-bond donors (Lipinski definition) is 1. The first-order valence-corrected chi connectivity index (χ1v) is 12.7. The van der Waals surface area contributed by atoms with Crippen LogP contribution in [0.4, 0.5) is 10.1 Å². The van der Waals surface area contributed by atoms with Gasteiger partial charge in [0.2, 0.25) is 5.91 Å². The molecule has 1 aliphatic rings. The molecule has 0 spiro atoms. The van der Waals surface area contributed by atoms with Gasteiger partial charge in [0.05, 0.1) is 22.5 Å². The molecule has 2 heterocycles. The van der Waals surface area contributed by atoms with E-state index in [2.05, 4.69) is 5.32 Å². The highest BCUT2D eigenvalue weighted by molar-refractivity contribution is 7.99. The Labute approximate surface area is 198 Å². The number of carbonyl (C=O) groups excluding carboxylic acids is 1. The van der Waals surface area contributed by atoms with Crippen molar-refractivity contribution >= 4 is 44.9 Å². The van der Waals surface area contributed by atoms with Crippen LogP contribution in [-0.4, -0.2) is 21.2 Å². The Morgan fingerprint density at radius 2 is 1.82 bits per heavy atom. The van der Waals surface area contributed by atoms with Gasteiger partial charge in [-0.25, -0.2) is 9.37 Å². The first-order valence-electron chi connectivity index (χ1n) is 10.9. The van der Waals surface area contributed by atoms with Gasteiger partial charge in [-0.05, 0) is 55.5 Å². The normalized spacial score (nSPS) is 13.5. The SMILES string of the molecule is O=C(CSc1nc2sc3c(c2c(=O)n1-c1ccccc1)CCCCC3)Nc1ccccc1F. The quantitative estimate of drug-likeness (QED) is 0.230. The number of nitrogens with zero attached hydrogens (tertiary/aromatic N) is 2. The van der Waals surface area contributed by atoms with E-state index in [1.807, 2.05) is 30.3 Å². The lowest BCUT2D eigenvalue weighted by molar-refractivity contribution is -0.113. The second-order valence-corrected chi connectivity index (χ2v) is 9.96. The molecular weight excluding hydrogens is 457 g/mol. The Morgan fingerprint density at radius 1 is 1.06 bits per heavy atom. The largest absolute Gasteiger partial charge is 0.323 e. The third-order valence-corrected chi connectivity index (χ3v) is 7.83. The molecule has 8 heteroatoms. The van der Waals surface area contributed by atoms with Crippen molar-refractivity contribution in [3.05, 3.63) is 81.2 Å². The number of halogens is 1. The van der Waals surface area contributed by atoms with E-state index < -0.39 is 5.82 Å². The molecule has 2 aromatic carbocycles. The fourth-order valence-corrected chi connectivity index (χ4v) is 6.26. The zero-order valence-electron chi connectivity index (χ0n) is 17.8. The number of fused-ring (bicyclic) bond motifs is 3. The van der Waals surface area contributed by atoms with Crippen LogP contribution in [0.2, 0.25) is 0 Å². The lowest BCUT2D eigenvalue weighted by Gasteiger charge is -2.13. The summed E-state index contributed by atoms with van der Waals surface area (Å²) in [6.45, 7) is 0. The summed E-state index contributed by atoms with van der Waals surface area (Å²) in [5, 5.41) is 3.76. The van der Waals surface area contributed by atoms with Gasteiger partial charge in [0.15, 0.2) is 5.16 Å². The Balaban J connectivity index is 1.53. The molecule has 0 saturated heterocycles. The molecule has 0 fully saturated rings. The van der Waals surface area contributed by atoms with Gasteiger partial charge in [-0.15, -0.1) is 11.3 Å². The summed E-state index contributed by atoms with van der Waals surface area (Å²) in [7, 11) is 0. The summed E-state index contributed by atoms with van der Waals surface area (Å²) >= 11 is 2.77. The van der Waals surface area contributed by atoms with E-state index in [1.54, 1.807) is 28.0 Å². The first kappa shape index (κ1) is 21.9. The van der Waals surface area contributed by atoms with Gasteiger partial charge in [-0.2, -0.15) is 0 Å². The maximum Gasteiger partial charge on any atom is 0.267 e. The van der Waals surface area contributed by atoms with Gasteiger partial charge in [-0.3, -0.25) is 14.2 Å². The molecule has 2 aromatic heterocycles. The Kier molecular flexibility index (Phi) is 6.28. The van der Waals surface area contributed by atoms with Crippen LogP contribution in [0.15, 0.2) is 64.5 Å². The topological polar surface area (TPSA) is 64.0 Å². The summed E-state index contributed by atoms with van der Waals surface area (Å²) in [4.78, 5) is 33.1. The molecule has 1 N–H and O–H groups in total. The number of thioether (sulfide) groups is 1. The third kappa shape index (κ3) is 4.45.